The highest BCUT2D eigenvalue weighted by molar-refractivity contribution is 7.98. The molecule has 0 aliphatic heterocycles. The summed E-state index contributed by atoms with van der Waals surface area (Å²) < 4.78 is 1.94. The fraction of sp³-hybridized carbons (Fsp3) is 0.333. The maximum atomic E-state index is 5.74. The molecule has 0 unspecified atom stereocenters. The predicted octanol–water partition coefficient (Wildman–Crippen LogP) is 2.73. The van der Waals surface area contributed by atoms with Crippen molar-refractivity contribution in [1.29, 1.82) is 0 Å². The summed E-state index contributed by atoms with van der Waals surface area (Å²) in [6.45, 7) is 4.20. The molecule has 4 nitrogen and oxygen atoms in total. The Morgan fingerprint density at radius 3 is 2.94 bits per heavy atom. The Balaban J connectivity index is 2.05. The Kier molecular flexibility index (Phi) is 3.68. The summed E-state index contributed by atoms with van der Waals surface area (Å²) >= 11 is 1.72. The molecule has 2 rings (SSSR count). The number of nitrogen functional groups attached to an aromatic ring is 1. The molecule has 0 spiro atoms. The van der Waals surface area contributed by atoms with Crippen LogP contribution in [0.25, 0.3) is 0 Å². The van der Waals surface area contributed by atoms with Crippen molar-refractivity contribution in [2.24, 2.45) is 0 Å². The minimum absolute atomic E-state index is 0.342. The predicted molar refractivity (Wildman–Crippen MR) is 70.8 cm³/mol. The summed E-state index contributed by atoms with van der Waals surface area (Å²) in [7, 11) is 0. The molecular weight excluding hydrogens is 232 g/mol. The van der Waals surface area contributed by atoms with Crippen molar-refractivity contribution in [3.63, 3.8) is 0 Å². The van der Waals surface area contributed by atoms with Gasteiger partial charge in [0.05, 0.1) is 5.75 Å². The van der Waals surface area contributed by atoms with Gasteiger partial charge in [0.1, 0.15) is 12.2 Å². The average Bonchev–Trinajstić information content (AvgIpc) is 2.74. The minimum atomic E-state index is 0.342. The van der Waals surface area contributed by atoms with E-state index in [0.29, 0.717) is 6.04 Å². The number of aromatic nitrogens is 3. The highest BCUT2D eigenvalue weighted by Crippen LogP contribution is 2.24. The molecule has 1 aromatic carbocycles. The van der Waals surface area contributed by atoms with E-state index in [1.165, 1.54) is 0 Å². The van der Waals surface area contributed by atoms with E-state index in [0.717, 1.165) is 22.2 Å². The minimum Gasteiger partial charge on any atom is -0.399 e. The zero-order valence-electron chi connectivity index (χ0n) is 10.00. The molecule has 0 atom stereocenters. The van der Waals surface area contributed by atoms with Crippen molar-refractivity contribution in [2.45, 2.75) is 30.5 Å². The van der Waals surface area contributed by atoms with Gasteiger partial charge in [0, 0.05) is 16.6 Å². The van der Waals surface area contributed by atoms with Crippen molar-refractivity contribution in [1.82, 2.24) is 14.8 Å². The van der Waals surface area contributed by atoms with Gasteiger partial charge in [-0.05, 0) is 32.0 Å². The number of nitrogens with zero attached hydrogens (tertiary/aromatic N) is 3. The van der Waals surface area contributed by atoms with Gasteiger partial charge >= 0.3 is 0 Å². The smallest absolute Gasteiger partial charge is 0.138 e. The first-order valence-electron chi connectivity index (χ1n) is 5.53. The summed E-state index contributed by atoms with van der Waals surface area (Å²) in [5.74, 6) is 1.80. The monoisotopic (exact) mass is 248 g/mol. The first kappa shape index (κ1) is 12.0. The summed E-state index contributed by atoms with van der Waals surface area (Å²) in [6, 6.07) is 8.22. The number of thioether (sulfide) groups is 1. The van der Waals surface area contributed by atoms with Crippen LogP contribution >= 0.6 is 11.8 Å². The van der Waals surface area contributed by atoms with Crippen LogP contribution in [-0.2, 0) is 5.75 Å². The van der Waals surface area contributed by atoms with Crippen molar-refractivity contribution in [2.75, 3.05) is 5.73 Å². The summed E-state index contributed by atoms with van der Waals surface area (Å²) in [4.78, 5) is 5.43. The van der Waals surface area contributed by atoms with Gasteiger partial charge < -0.3 is 5.73 Å². The number of hydrogen-bond acceptors (Lipinski definition) is 4. The molecule has 0 aliphatic carbocycles. The zero-order valence-corrected chi connectivity index (χ0v) is 10.8. The van der Waals surface area contributed by atoms with Crippen LogP contribution in [0.5, 0.6) is 0 Å². The van der Waals surface area contributed by atoms with Crippen LogP contribution in [0.1, 0.15) is 25.7 Å². The molecule has 0 bridgehead atoms. The van der Waals surface area contributed by atoms with Crippen molar-refractivity contribution < 1.29 is 0 Å². The second kappa shape index (κ2) is 5.23. The third-order valence-electron chi connectivity index (χ3n) is 2.36. The molecule has 0 radical (unpaired) electrons. The lowest BCUT2D eigenvalue weighted by molar-refractivity contribution is 0.514. The second-order valence-electron chi connectivity index (χ2n) is 4.08. The van der Waals surface area contributed by atoms with Crippen LogP contribution in [0.15, 0.2) is 35.5 Å². The number of hydrogen-bond donors (Lipinski definition) is 1. The fourth-order valence-electron chi connectivity index (χ4n) is 1.56. The van der Waals surface area contributed by atoms with E-state index in [2.05, 4.69) is 30.0 Å². The first-order valence-corrected chi connectivity index (χ1v) is 6.52. The largest absolute Gasteiger partial charge is 0.399 e. The van der Waals surface area contributed by atoms with E-state index in [-0.39, 0.29) is 0 Å². The Hall–Kier alpha value is -1.49. The molecule has 0 saturated carbocycles. The molecule has 2 aromatic rings. The van der Waals surface area contributed by atoms with Gasteiger partial charge in [0.25, 0.3) is 0 Å². The molecule has 0 saturated heterocycles. The van der Waals surface area contributed by atoms with Gasteiger partial charge in [0.2, 0.25) is 0 Å². The molecule has 0 aliphatic rings. The topological polar surface area (TPSA) is 56.7 Å². The fourth-order valence-corrected chi connectivity index (χ4v) is 2.46. The molecular formula is C12H16N4S. The number of anilines is 1. The Bertz CT molecular complexity index is 493. The normalized spacial score (nSPS) is 11.0. The van der Waals surface area contributed by atoms with E-state index in [1.807, 2.05) is 22.9 Å². The van der Waals surface area contributed by atoms with E-state index in [9.17, 15) is 0 Å². The summed E-state index contributed by atoms with van der Waals surface area (Å²) in [5, 5.41) is 4.21. The molecule has 17 heavy (non-hydrogen) atoms. The highest BCUT2D eigenvalue weighted by atomic mass is 32.2. The Labute approximate surface area is 105 Å². The van der Waals surface area contributed by atoms with Gasteiger partial charge in [-0.2, -0.15) is 5.10 Å². The quantitative estimate of drug-likeness (QED) is 0.667. The molecule has 0 amide bonds. The molecule has 2 N–H and O–H groups in total. The SMILES string of the molecule is CC(C)n1ncnc1CSc1cccc(N)c1. The molecule has 0 fully saturated rings. The van der Waals surface area contributed by atoms with Gasteiger partial charge in [0.15, 0.2) is 0 Å². The molecule has 5 heteroatoms. The molecule has 1 aromatic heterocycles. The lowest BCUT2D eigenvalue weighted by Crippen LogP contribution is -2.07. The lowest BCUT2D eigenvalue weighted by atomic mass is 10.3. The number of rotatable bonds is 4. The first-order chi connectivity index (χ1) is 8.16. The van der Waals surface area contributed by atoms with Gasteiger partial charge in [-0.25, -0.2) is 9.67 Å². The Morgan fingerprint density at radius 1 is 1.41 bits per heavy atom. The Morgan fingerprint density at radius 2 is 2.24 bits per heavy atom. The van der Waals surface area contributed by atoms with E-state index >= 15 is 0 Å². The van der Waals surface area contributed by atoms with Crippen molar-refractivity contribution in [3.05, 3.63) is 36.4 Å². The van der Waals surface area contributed by atoms with Crippen LogP contribution < -0.4 is 5.73 Å². The number of benzene rings is 1. The maximum absolute atomic E-state index is 5.74. The summed E-state index contributed by atoms with van der Waals surface area (Å²) in [5.41, 5.74) is 6.53. The van der Waals surface area contributed by atoms with Crippen LogP contribution in [0.4, 0.5) is 5.69 Å². The third-order valence-corrected chi connectivity index (χ3v) is 3.35. The second-order valence-corrected chi connectivity index (χ2v) is 5.12. The summed E-state index contributed by atoms with van der Waals surface area (Å²) in [6.07, 6.45) is 1.61. The standard InChI is InChI=1S/C12H16N4S/c1-9(2)16-12(14-8-15-16)7-17-11-5-3-4-10(13)6-11/h3-6,8-9H,7,13H2,1-2H3. The van der Waals surface area contributed by atoms with E-state index in [1.54, 1.807) is 18.1 Å². The van der Waals surface area contributed by atoms with Crippen LogP contribution in [0.3, 0.4) is 0 Å². The molecule has 1 heterocycles. The van der Waals surface area contributed by atoms with Gasteiger partial charge in [-0.1, -0.05) is 6.07 Å². The lowest BCUT2D eigenvalue weighted by Gasteiger charge is -2.09. The van der Waals surface area contributed by atoms with E-state index < -0.39 is 0 Å². The average molecular weight is 248 g/mol. The van der Waals surface area contributed by atoms with Crippen LogP contribution in [0, 0.1) is 0 Å². The van der Waals surface area contributed by atoms with Gasteiger partial charge in [-0.3, -0.25) is 0 Å². The third kappa shape index (κ3) is 3.00. The maximum Gasteiger partial charge on any atom is 0.138 e. The zero-order chi connectivity index (χ0) is 12.3. The van der Waals surface area contributed by atoms with E-state index in [4.69, 9.17) is 5.73 Å². The van der Waals surface area contributed by atoms with Crippen molar-refractivity contribution >= 4 is 17.4 Å². The number of nitrogens with two attached hydrogens (primary N) is 1. The van der Waals surface area contributed by atoms with Gasteiger partial charge in [-0.15, -0.1) is 11.8 Å². The van der Waals surface area contributed by atoms with Crippen LogP contribution in [-0.4, -0.2) is 14.8 Å². The molecule has 90 valence electrons. The van der Waals surface area contributed by atoms with Crippen LogP contribution in [0.2, 0.25) is 0 Å². The van der Waals surface area contributed by atoms with Crippen molar-refractivity contribution in [3.8, 4) is 0 Å². The highest BCUT2D eigenvalue weighted by Gasteiger charge is 2.07.